The molecule has 0 bridgehead atoms. The van der Waals surface area contributed by atoms with Gasteiger partial charge < -0.3 is 69.3 Å². The highest BCUT2D eigenvalue weighted by molar-refractivity contribution is 5.88. The minimum absolute atomic E-state index is 0.112. The first-order chi connectivity index (χ1) is 19.9. The molecule has 0 spiro atoms. The summed E-state index contributed by atoms with van der Waals surface area (Å²) < 4.78 is 28.0. The molecule has 2 fully saturated rings. The van der Waals surface area contributed by atoms with Gasteiger partial charge in [-0.2, -0.15) is 0 Å². The minimum atomic E-state index is -1.87. The number of fused-ring (bicyclic) bond motifs is 1. The van der Waals surface area contributed by atoms with E-state index < -0.39 is 90.3 Å². The topological polar surface area (TPSA) is 249 Å². The number of aromatic hydroxyl groups is 2. The van der Waals surface area contributed by atoms with Crippen LogP contribution >= 0.6 is 0 Å². The number of benzene rings is 2. The lowest BCUT2D eigenvalue weighted by Crippen LogP contribution is -2.60. The molecule has 3 aromatic rings. The van der Waals surface area contributed by atoms with Gasteiger partial charge in [-0.05, 0) is 31.2 Å². The van der Waals surface area contributed by atoms with Crippen LogP contribution in [-0.4, -0.2) is 114 Å². The van der Waals surface area contributed by atoms with E-state index in [4.69, 9.17) is 23.4 Å². The SMILES string of the molecule is C[C@H]1O[C@@H](Oc2cc(O)c3c(=O)c(O[C@@H]4O[C@@H](CO)[C@H](O)[C@@H](O)[C@@H]4O)c(-c4ccc(O)cc4)oc3c2)[C@@H](O)[C@@H](O)[C@@H]1O. The van der Waals surface area contributed by atoms with E-state index in [2.05, 4.69) is 0 Å². The van der Waals surface area contributed by atoms with E-state index in [1.165, 1.54) is 37.3 Å². The van der Waals surface area contributed by atoms with Crippen molar-refractivity contribution in [1.29, 1.82) is 0 Å². The Morgan fingerprint density at radius 2 is 1.40 bits per heavy atom. The summed E-state index contributed by atoms with van der Waals surface area (Å²) in [4.78, 5) is 13.7. The summed E-state index contributed by atoms with van der Waals surface area (Å²) >= 11 is 0. The number of aliphatic hydroxyl groups excluding tert-OH is 7. The number of aliphatic hydroxyl groups is 7. The van der Waals surface area contributed by atoms with Crippen LogP contribution in [0, 0.1) is 0 Å². The summed E-state index contributed by atoms with van der Waals surface area (Å²) in [5.41, 5.74) is -1.01. The molecule has 228 valence electrons. The van der Waals surface area contributed by atoms with Crippen LogP contribution in [0.4, 0.5) is 0 Å². The maximum Gasteiger partial charge on any atom is 0.239 e. The molecular formula is C27H30O15. The Morgan fingerprint density at radius 1 is 0.786 bits per heavy atom. The molecule has 0 amide bonds. The molecule has 2 saturated heterocycles. The number of phenolic OH excluding ortho intramolecular Hbond substituents is 2. The van der Waals surface area contributed by atoms with Crippen LogP contribution in [0.15, 0.2) is 45.6 Å². The van der Waals surface area contributed by atoms with Crippen LogP contribution in [0.1, 0.15) is 6.92 Å². The normalized spacial score (nSPS) is 33.4. The van der Waals surface area contributed by atoms with Gasteiger partial charge in [-0.1, -0.05) is 0 Å². The van der Waals surface area contributed by atoms with Gasteiger partial charge in [0.05, 0.1) is 12.7 Å². The lowest BCUT2D eigenvalue weighted by Gasteiger charge is -2.39. The Bertz CT molecular complexity index is 1470. The summed E-state index contributed by atoms with van der Waals surface area (Å²) in [6.07, 6.45) is -15.5. The fourth-order valence-electron chi connectivity index (χ4n) is 4.76. The molecule has 3 heterocycles. The third-order valence-corrected chi connectivity index (χ3v) is 7.18. The van der Waals surface area contributed by atoms with Crippen LogP contribution in [-0.2, 0) is 9.47 Å². The van der Waals surface area contributed by atoms with Gasteiger partial charge in [0, 0.05) is 17.7 Å². The van der Waals surface area contributed by atoms with Crippen molar-refractivity contribution in [2.45, 2.75) is 68.3 Å². The van der Waals surface area contributed by atoms with E-state index in [0.29, 0.717) is 0 Å². The van der Waals surface area contributed by atoms with Gasteiger partial charge >= 0.3 is 0 Å². The van der Waals surface area contributed by atoms with Crippen LogP contribution in [0.5, 0.6) is 23.0 Å². The van der Waals surface area contributed by atoms with Crippen molar-refractivity contribution in [2.75, 3.05) is 6.61 Å². The Labute approximate surface area is 236 Å². The summed E-state index contributed by atoms with van der Waals surface area (Å²) in [7, 11) is 0. The lowest BCUT2D eigenvalue weighted by molar-refractivity contribution is -0.277. The van der Waals surface area contributed by atoms with Crippen molar-refractivity contribution in [2.24, 2.45) is 0 Å². The monoisotopic (exact) mass is 594 g/mol. The fourth-order valence-corrected chi connectivity index (χ4v) is 4.76. The minimum Gasteiger partial charge on any atom is -0.508 e. The van der Waals surface area contributed by atoms with E-state index in [0.717, 1.165) is 6.07 Å². The second kappa shape index (κ2) is 11.6. The van der Waals surface area contributed by atoms with Crippen LogP contribution < -0.4 is 14.9 Å². The largest absolute Gasteiger partial charge is 0.508 e. The van der Waals surface area contributed by atoms with E-state index >= 15 is 0 Å². The zero-order chi connectivity index (χ0) is 30.5. The van der Waals surface area contributed by atoms with E-state index in [-0.39, 0.29) is 28.4 Å². The number of ether oxygens (including phenoxy) is 4. The smallest absolute Gasteiger partial charge is 0.239 e. The molecule has 15 nitrogen and oxygen atoms in total. The van der Waals surface area contributed by atoms with E-state index in [1.807, 2.05) is 0 Å². The van der Waals surface area contributed by atoms with Crippen LogP contribution in [0.25, 0.3) is 22.3 Å². The summed E-state index contributed by atoms with van der Waals surface area (Å²) in [6.45, 7) is 0.702. The molecular weight excluding hydrogens is 564 g/mol. The zero-order valence-corrected chi connectivity index (χ0v) is 21.9. The van der Waals surface area contributed by atoms with Crippen molar-refractivity contribution in [1.82, 2.24) is 0 Å². The number of hydrogen-bond donors (Lipinski definition) is 9. The first-order valence-electron chi connectivity index (χ1n) is 12.9. The van der Waals surface area contributed by atoms with Gasteiger partial charge in [0.15, 0.2) is 5.76 Å². The van der Waals surface area contributed by atoms with Gasteiger partial charge in [0.1, 0.15) is 70.9 Å². The molecule has 0 unspecified atom stereocenters. The van der Waals surface area contributed by atoms with Crippen LogP contribution in [0.2, 0.25) is 0 Å². The van der Waals surface area contributed by atoms with Crippen molar-refractivity contribution in [3.05, 3.63) is 46.6 Å². The van der Waals surface area contributed by atoms with E-state index in [1.54, 1.807) is 0 Å². The van der Waals surface area contributed by atoms with Gasteiger partial charge in [-0.15, -0.1) is 0 Å². The van der Waals surface area contributed by atoms with Crippen molar-refractivity contribution in [3.63, 3.8) is 0 Å². The molecule has 0 aliphatic carbocycles. The molecule has 42 heavy (non-hydrogen) atoms. The van der Waals surface area contributed by atoms with Gasteiger partial charge in [0.25, 0.3) is 0 Å². The highest BCUT2D eigenvalue weighted by Crippen LogP contribution is 2.38. The Morgan fingerprint density at radius 3 is 2.05 bits per heavy atom. The maximum absolute atomic E-state index is 13.7. The zero-order valence-electron chi connectivity index (χ0n) is 21.9. The van der Waals surface area contributed by atoms with Crippen molar-refractivity contribution in [3.8, 4) is 34.3 Å². The van der Waals surface area contributed by atoms with Gasteiger partial charge in [-0.25, -0.2) is 0 Å². The average Bonchev–Trinajstić information content (AvgIpc) is 2.96. The molecule has 5 rings (SSSR count). The molecule has 9 N–H and O–H groups in total. The first-order valence-corrected chi connectivity index (χ1v) is 12.9. The van der Waals surface area contributed by atoms with Gasteiger partial charge in [0.2, 0.25) is 23.8 Å². The molecule has 2 aromatic carbocycles. The molecule has 0 saturated carbocycles. The predicted octanol–water partition coefficient (Wildman–Crippen LogP) is -1.74. The summed E-state index contributed by atoms with van der Waals surface area (Å²) in [5.74, 6) is -1.77. The molecule has 1 aromatic heterocycles. The number of phenols is 2. The first kappa shape index (κ1) is 30.0. The standard InChI is InChI=1S/C27H30O15/c1-9-17(31)20(34)22(36)26(38-9)39-12-6-13(30)16-14(7-12)40-24(10-2-4-11(29)5-3-10)25(19(16)33)42-27-23(37)21(35)18(32)15(8-28)41-27/h2-7,9,15,17-18,20-23,26-32,34-37H,8H2,1H3/t9-,15+,17-,18+,20+,21-,22+,23+,26+,27+/m1/s1. The third-order valence-electron chi connectivity index (χ3n) is 7.18. The van der Waals surface area contributed by atoms with Crippen molar-refractivity contribution < 1.29 is 69.3 Å². The van der Waals surface area contributed by atoms with Gasteiger partial charge in [-0.3, -0.25) is 4.79 Å². The molecule has 15 heteroatoms. The molecule has 0 radical (unpaired) electrons. The number of hydrogen-bond acceptors (Lipinski definition) is 15. The summed E-state index contributed by atoms with van der Waals surface area (Å²) in [6, 6.07) is 7.53. The fraction of sp³-hybridized carbons (Fsp3) is 0.444. The second-order valence-electron chi connectivity index (χ2n) is 10.1. The summed E-state index contributed by atoms with van der Waals surface area (Å²) in [5, 5.41) is 90.7. The lowest BCUT2D eigenvalue weighted by atomic mass is 9.99. The Hall–Kier alpha value is -3.51. The average molecular weight is 595 g/mol. The third kappa shape index (κ3) is 5.37. The maximum atomic E-state index is 13.7. The molecule has 10 atom stereocenters. The van der Waals surface area contributed by atoms with Crippen LogP contribution in [0.3, 0.4) is 0 Å². The molecule has 2 aliphatic heterocycles. The highest BCUT2D eigenvalue weighted by Gasteiger charge is 2.46. The Balaban J connectivity index is 1.58. The second-order valence-corrected chi connectivity index (χ2v) is 10.1. The quantitative estimate of drug-likeness (QED) is 0.154. The highest BCUT2D eigenvalue weighted by atomic mass is 16.7. The van der Waals surface area contributed by atoms with E-state index in [9.17, 15) is 50.8 Å². The Kier molecular flexibility index (Phi) is 8.30. The number of rotatable bonds is 6. The predicted molar refractivity (Wildman–Crippen MR) is 139 cm³/mol. The molecule has 2 aliphatic rings. The van der Waals surface area contributed by atoms with Crippen molar-refractivity contribution >= 4 is 11.0 Å².